The average molecular weight is 240 g/mol. The van der Waals surface area contributed by atoms with Crippen LogP contribution in [0.5, 0.6) is 0 Å². The Morgan fingerprint density at radius 1 is 1.59 bits per heavy atom. The van der Waals surface area contributed by atoms with E-state index in [-0.39, 0.29) is 18.9 Å². The first-order valence-electron chi connectivity index (χ1n) is 5.13. The molecule has 6 nitrogen and oxygen atoms in total. The van der Waals surface area contributed by atoms with Gasteiger partial charge in [-0.2, -0.15) is 0 Å². The smallest absolute Gasteiger partial charge is 0.305 e. The molecule has 1 rings (SSSR count). The molecule has 94 valence electrons. The van der Waals surface area contributed by atoms with Gasteiger partial charge in [-0.15, -0.1) is 0 Å². The molecule has 1 aromatic rings. The zero-order chi connectivity index (χ0) is 12.9. The van der Waals surface area contributed by atoms with Crippen LogP contribution in [0.4, 0.5) is 0 Å². The van der Waals surface area contributed by atoms with Gasteiger partial charge >= 0.3 is 5.97 Å². The number of nitrogens with one attached hydrogen (secondary N) is 2. The molecule has 0 aliphatic heterocycles. The highest BCUT2D eigenvalue weighted by atomic mass is 16.5. The fraction of sp³-hybridized carbons (Fsp3) is 0.455. The van der Waals surface area contributed by atoms with Gasteiger partial charge in [0.1, 0.15) is 5.69 Å². The minimum absolute atomic E-state index is 0.131. The summed E-state index contributed by atoms with van der Waals surface area (Å²) in [5.41, 5.74) is -0.541. The van der Waals surface area contributed by atoms with Gasteiger partial charge in [0.2, 0.25) is 0 Å². The van der Waals surface area contributed by atoms with Crippen LogP contribution >= 0.6 is 0 Å². The van der Waals surface area contributed by atoms with Crippen molar-refractivity contribution in [1.82, 2.24) is 10.3 Å². The molecule has 17 heavy (non-hydrogen) atoms. The lowest BCUT2D eigenvalue weighted by atomic mass is 9.99. The van der Waals surface area contributed by atoms with E-state index in [9.17, 15) is 9.59 Å². The molecule has 1 aromatic heterocycles. The van der Waals surface area contributed by atoms with Crippen molar-refractivity contribution in [1.29, 1.82) is 0 Å². The minimum Gasteiger partial charge on any atom is -0.481 e. The lowest BCUT2D eigenvalue weighted by molar-refractivity contribution is -0.139. The normalized spacial score (nSPS) is 14.0. The number of H-pyrrole nitrogens is 1. The average Bonchev–Trinajstić information content (AvgIpc) is 2.68. The Hall–Kier alpha value is -1.82. The Morgan fingerprint density at radius 3 is 2.76 bits per heavy atom. The van der Waals surface area contributed by atoms with Gasteiger partial charge in [-0.25, -0.2) is 0 Å². The molecular formula is C11H16N2O4. The third-order valence-electron chi connectivity index (χ3n) is 2.26. The van der Waals surface area contributed by atoms with E-state index in [4.69, 9.17) is 9.84 Å². The van der Waals surface area contributed by atoms with Crippen LogP contribution in [0.15, 0.2) is 18.3 Å². The molecule has 0 aromatic carbocycles. The van der Waals surface area contributed by atoms with Gasteiger partial charge in [-0.3, -0.25) is 9.59 Å². The number of ether oxygens (including phenoxy) is 1. The Balaban J connectivity index is 2.72. The van der Waals surface area contributed by atoms with E-state index in [0.717, 1.165) is 0 Å². The maximum Gasteiger partial charge on any atom is 0.305 e. The van der Waals surface area contributed by atoms with E-state index >= 15 is 0 Å². The molecule has 0 fully saturated rings. The molecule has 3 N–H and O–H groups in total. The number of carbonyl (C=O) groups excluding carboxylic acids is 1. The molecule has 1 amide bonds. The van der Waals surface area contributed by atoms with Crippen molar-refractivity contribution in [2.45, 2.75) is 18.9 Å². The zero-order valence-corrected chi connectivity index (χ0v) is 9.82. The third kappa shape index (κ3) is 3.92. The van der Waals surface area contributed by atoms with Crippen molar-refractivity contribution >= 4 is 11.9 Å². The Kier molecular flexibility index (Phi) is 4.28. The summed E-state index contributed by atoms with van der Waals surface area (Å²) >= 11 is 0. The molecule has 0 aliphatic rings. The number of amides is 1. The van der Waals surface area contributed by atoms with Crippen LogP contribution in [0.2, 0.25) is 0 Å². The number of hydrogen-bond donors (Lipinski definition) is 3. The topological polar surface area (TPSA) is 91.4 Å². The van der Waals surface area contributed by atoms with Crippen LogP contribution in [0.25, 0.3) is 0 Å². The number of carboxylic acid groups (broad SMARTS) is 1. The number of carbonyl (C=O) groups is 2. The minimum atomic E-state index is -0.990. The second kappa shape index (κ2) is 5.49. The number of rotatable bonds is 6. The molecule has 6 heteroatoms. The molecule has 0 bridgehead atoms. The summed E-state index contributed by atoms with van der Waals surface area (Å²) in [5, 5.41) is 11.5. The van der Waals surface area contributed by atoms with E-state index in [1.54, 1.807) is 25.3 Å². The second-order valence-corrected chi connectivity index (χ2v) is 4.10. The quantitative estimate of drug-likeness (QED) is 0.680. The largest absolute Gasteiger partial charge is 0.481 e. The summed E-state index contributed by atoms with van der Waals surface area (Å²) in [7, 11) is 1.46. The molecule has 0 saturated carbocycles. The first kappa shape index (κ1) is 13.2. The van der Waals surface area contributed by atoms with Gasteiger partial charge in [-0.05, 0) is 19.1 Å². The fourth-order valence-electron chi connectivity index (χ4n) is 1.60. The van der Waals surface area contributed by atoms with Crippen LogP contribution in [-0.2, 0) is 9.53 Å². The lowest BCUT2D eigenvalue weighted by Gasteiger charge is -2.28. The first-order valence-corrected chi connectivity index (χ1v) is 5.13. The summed E-state index contributed by atoms with van der Waals surface area (Å²) < 4.78 is 4.94. The number of methoxy groups -OCH3 is 1. The summed E-state index contributed by atoms with van der Waals surface area (Å²) in [5.74, 6) is -1.34. The van der Waals surface area contributed by atoms with E-state index in [1.807, 2.05) is 0 Å². The molecule has 1 heterocycles. The molecular weight excluding hydrogens is 224 g/mol. The molecule has 0 saturated heterocycles. The summed E-state index contributed by atoms with van der Waals surface area (Å²) in [6, 6.07) is 3.31. The maximum absolute atomic E-state index is 11.8. The van der Waals surface area contributed by atoms with Gasteiger partial charge in [-0.1, -0.05) is 0 Å². The van der Waals surface area contributed by atoms with Crippen molar-refractivity contribution in [3.05, 3.63) is 24.0 Å². The lowest BCUT2D eigenvalue weighted by Crippen LogP contribution is -2.50. The standard InChI is InChI=1S/C11H16N2O4/c1-11(7-17-2,6-9(14)15)13-10(16)8-4-3-5-12-8/h3-5,12H,6-7H2,1-2H3,(H,13,16)(H,14,15). The van der Waals surface area contributed by atoms with E-state index in [0.29, 0.717) is 5.69 Å². The maximum atomic E-state index is 11.8. The van der Waals surface area contributed by atoms with Crippen LogP contribution in [-0.4, -0.2) is 41.2 Å². The monoisotopic (exact) mass is 240 g/mol. The summed E-state index contributed by atoms with van der Waals surface area (Å²) in [6.07, 6.45) is 1.42. The third-order valence-corrected chi connectivity index (χ3v) is 2.26. The van der Waals surface area contributed by atoms with Gasteiger partial charge in [0.05, 0.1) is 18.6 Å². The number of aromatic amines is 1. The van der Waals surface area contributed by atoms with Crippen LogP contribution in [0.1, 0.15) is 23.8 Å². The predicted octanol–water partition coefficient (Wildman–Crippen LogP) is 0.624. The van der Waals surface area contributed by atoms with Crippen molar-refractivity contribution in [2.24, 2.45) is 0 Å². The van der Waals surface area contributed by atoms with Crippen LogP contribution in [0, 0.1) is 0 Å². The molecule has 1 atom stereocenters. The van der Waals surface area contributed by atoms with E-state index < -0.39 is 11.5 Å². The van der Waals surface area contributed by atoms with Crippen molar-refractivity contribution in [3.63, 3.8) is 0 Å². The van der Waals surface area contributed by atoms with Gasteiger partial charge < -0.3 is 20.1 Å². The van der Waals surface area contributed by atoms with E-state index in [2.05, 4.69) is 10.3 Å². The number of aromatic nitrogens is 1. The predicted molar refractivity (Wildman–Crippen MR) is 60.8 cm³/mol. The van der Waals surface area contributed by atoms with E-state index in [1.165, 1.54) is 7.11 Å². The van der Waals surface area contributed by atoms with Crippen LogP contribution < -0.4 is 5.32 Å². The summed E-state index contributed by atoms with van der Waals surface area (Å²) in [6.45, 7) is 1.76. The van der Waals surface area contributed by atoms with Gasteiger partial charge in [0.25, 0.3) is 5.91 Å². The molecule has 0 aliphatic carbocycles. The highest BCUT2D eigenvalue weighted by molar-refractivity contribution is 5.93. The van der Waals surface area contributed by atoms with Crippen molar-refractivity contribution < 1.29 is 19.4 Å². The first-order chi connectivity index (χ1) is 7.97. The van der Waals surface area contributed by atoms with Crippen molar-refractivity contribution in [3.8, 4) is 0 Å². The van der Waals surface area contributed by atoms with Crippen molar-refractivity contribution in [2.75, 3.05) is 13.7 Å². The zero-order valence-electron chi connectivity index (χ0n) is 9.82. The highest BCUT2D eigenvalue weighted by Crippen LogP contribution is 2.11. The molecule has 0 spiro atoms. The fourth-order valence-corrected chi connectivity index (χ4v) is 1.60. The summed E-state index contributed by atoms with van der Waals surface area (Å²) in [4.78, 5) is 25.3. The Labute approximate surface area is 99.0 Å². The van der Waals surface area contributed by atoms with Crippen LogP contribution in [0.3, 0.4) is 0 Å². The highest BCUT2D eigenvalue weighted by Gasteiger charge is 2.30. The number of aliphatic carboxylic acids is 1. The Morgan fingerprint density at radius 2 is 2.29 bits per heavy atom. The number of carboxylic acids is 1. The molecule has 1 unspecified atom stereocenters. The SMILES string of the molecule is COCC(C)(CC(=O)O)NC(=O)c1ccc[nH]1. The Bertz CT molecular complexity index is 388. The number of hydrogen-bond acceptors (Lipinski definition) is 3. The van der Waals surface area contributed by atoms with Gasteiger partial charge in [0.15, 0.2) is 0 Å². The van der Waals surface area contributed by atoms with Gasteiger partial charge in [0, 0.05) is 13.3 Å². The second-order valence-electron chi connectivity index (χ2n) is 4.10. The molecule has 0 radical (unpaired) electrons.